The molecule has 102 valence electrons. The topological polar surface area (TPSA) is 26.0 Å². The first-order valence-electron chi connectivity index (χ1n) is 6.61. The van der Waals surface area contributed by atoms with Crippen molar-refractivity contribution in [3.63, 3.8) is 0 Å². The van der Waals surface area contributed by atoms with E-state index in [4.69, 9.17) is 17.3 Å². The molecule has 1 aromatic rings. The second-order valence-corrected chi connectivity index (χ2v) is 7.03. The van der Waals surface area contributed by atoms with E-state index in [1.807, 2.05) is 18.2 Å². The maximum atomic E-state index is 6.18. The van der Waals surface area contributed by atoms with E-state index in [0.717, 1.165) is 23.1 Å². The third-order valence-electron chi connectivity index (χ3n) is 2.84. The van der Waals surface area contributed by atoms with Gasteiger partial charge in [-0.1, -0.05) is 38.4 Å². The lowest BCUT2D eigenvalue weighted by atomic mass is 9.93. The minimum atomic E-state index is 0.266. The molecule has 0 saturated heterocycles. The second kappa shape index (κ2) is 8.08. The lowest BCUT2D eigenvalue weighted by molar-refractivity contribution is 0.394. The maximum Gasteiger partial charge on any atom is 0.0417 e. The summed E-state index contributed by atoms with van der Waals surface area (Å²) in [5.74, 6) is 2.43. The van der Waals surface area contributed by atoms with E-state index in [2.05, 4.69) is 26.8 Å². The molecule has 0 amide bonds. The largest absolute Gasteiger partial charge is 0.327 e. The van der Waals surface area contributed by atoms with Gasteiger partial charge in [-0.05, 0) is 42.9 Å². The predicted octanol–water partition coefficient (Wildman–Crippen LogP) is 4.83. The number of halogens is 1. The number of thioether (sulfide) groups is 1. The average molecular weight is 286 g/mol. The number of rotatable bonds is 7. The molecule has 1 rings (SSSR count). The molecule has 0 saturated carbocycles. The Bertz CT molecular complexity index is 354. The molecule has 1 nitrogen and oxygen atoms in total. The molecule has 0 aromatic heterocycles. The van der Waals surface area contributed by atoms with Crippen LogP contribution in [0, 0.1) is 11.8 Å². The van der Waals surface area contributed by atoms with Crippen LogP contribution in [0.1, 0.15) is 33.6 Å². The van der Waals surface area contributed by atoms with Gasteiger partial charge in [0.05, 0.1) is 0 Å². The first-order chi connectivity index (χ1) is 8.47. The Morgan fingerprint density at radius 1 is 1.22 bits per heavy atom. The quantitative estimate of drug-likeness (QED) is 0.726. The fraction of sp³-hybridized carbons (Fsp3) is 0.600. The van der Waals surface area contributed by atoms with Gasteiger partial charge in [0.1, 0.15) is 0 Å². The highest BCUT2D eigenvalue weighted by molar-refractivity contribution is 7.99. The average Bonchev–Trinajstić information content (AvgIpc) is 2.25. The molecule has 2 unspecified atom stereocenters. The third kappa shape index (κ3) is 6.67. The summed E-state index contributed by atoms with van der Waals surface area (Å²) in [6.45, 7) is 6.83. The van der Waals surface area contributed by atoms with Crippen molar-refractivity contribution in [2.75, 3.05) is 5.75 Å². The van der Waals surface area contributed by atoms with Crippen molar-refractivity contribution in [2.24, 2.45) is 17.6 Å². The number of benzene rings is 1. The highest BCUT2D eigenvalue weighted by Crippen LogP contribution is 2.24. The van der Waals surface area contributed by atoms with E-state index in [1.165, 1.54) is 11.3 Å². The van der Waals surface area contributed by atoms with E-state index in [0.29, 0.717) is 5.92 Å². The molecule has 0 bridgehead atoms. The maximum absolute atomic E-state index is 6.18. The Morgan fingerprint density at radius 3 is 2.56 bits per heavy atom. The zero-order chi connectivity index (χ0) is 13.5. The van der Waals surface area contributed by atoms with E-state index in [1.54, 1.807) is 11.8 Å². The zero-order valence-corrected chi connectivity index (χ0v) is 13.1. The van der Waals surface area contributed by atoms with Crippen LogP contribution in [0.4, 0.5) is 0 Å². The van der Waals surface area contributed by atoms with Gasteiger partial charge in [-0.3, -0.25) is 0 Å². The van der Waals surface area contributed by atoms with Crippen LogP contribution in [0.25, 0.3) is 0 Å². The Balaban J connectivity index is 2.30. The van der Waals surface area contributed by atoms with Crippen LogP contribution < -0.4 is 5.73 Å². The number of nitrogens with two attached hydrogens (primary N) is 1. The van der Waals surface area contributed by atoms with Gasteiger partial charge < -0.3 is 5.73 Å². The first-order valence-corrected chi connectivity index (χ1v) is 7.97. The summed E-state index contributed by atoms with van der Waals surface area (Å²) < 4.78 is 0. The number of hydrogen-bond acceptors (Lipinski definition) is 2. The minimum Gasteiger partial charge on any atom is -0.327 e. The van der Waals surface area contributed by atoms with Gasteiger partial charge >= 0.3 is 0 Å². The van der Waals surface area contributed by atoms with Gasteiger partial charge in [0.2, 0.25) is 0 Å². The van der Waals surface area contributed by atoms with E-state index in [-0.39, 0.29) is 6.04 Å². The van der Waals surface area contributed by atoms with Gasteiger partial charge in [-0.25, -0.2) is 0 Å². The second-order valence-electron chi connectivity index (χ2n) is 5.50. The Kier molecular flexibility index (Phi) is 7.13. The van der Waals surface area contributed by atoms with Crippen molar-refractivity contribution in [3.05, 3.63) is 29.3 Å². The molecule has 0 aliphatic carbocycles. The van der Waals surface area contributed by atoms with Gasteiger partial charge in [-0.15, -0.1) is 11.8 Å². The van der Waals surface area contributed by atoms with Crippen molar-refractivity contribution in [1.82, 2.24) is 0 Å². The van der Waals surface area contributed by atoms with Gasteiger partial charge in [0, 0.05) is 21.7 Å². The Morgan fingerprint density at radius 2 is 1.94 bits per heavy atom. The summed E-state index contributed by atoms with van der Waals surface area (Å²) in [6, 6.07) is 8.23. The van der Waals surface area contributed by atoms with Crippen LogP contribution in [-0.2, 0) is 0 Å². The van der Waals surface area contributed by atoms with Crippen molar-refractivity contribution >= 4 is 23.4 Å². The molecular weight excluding hydrogens is 262 g/mol. The Labute approximate surface area is 120 Å². The van der Waals surface area contributed by atoms with Gasteiger partial charge in [-0.2, -0.15) is 0 Å². The molecule has 0 radical (unpaired) electrons. The molecular formula is C15H24ClNS. The molecule has 0 aliphatic heterocycles. The molecule has 0 fully saturated rings. The molecule has 2 N–H and O–H groups in total. The smallest absolute Gasteiger partial charge is 0.0417 e. The lowest BCUT2D eigenvalue weighted by Gasteiger charge is -2.18. The molecule has 2 atom stereocenters. The summed E-state index contributed by atoms with van der Waals surface area (Å²) in [4.78, 5) is 1.20. The first kappa shape index (κ1) is 15.9. The van der Waals surface area contributed by atoms with Crippen molar-refractivity contribution in [2.45, 2.75) is 44.6 Å². The summed E-state index contributed by atoms with van der Waals surface area (Å²) in [5.41, 5.74) is 6.18. The van der Waals surface area contributed by atoms with E-state index in [9.17, 15) is 0 Å². The molecule has 3 heteroatoms. The van der Waals surface area contributed by atoms with Crippen molar-refractivity contribution in [1.29, 1.82) is 0 Å². The molecule has 18 heavy (non-hydrogen) atoms. The minimum absolute atomic E-state index is 0.266. The molecule has 0 heterocycles. The highest BCUT2D eigenvalue weighted by atomic mass is 35.5. The summed E-state index contributed by atoms with van der Waals surface area (Å²) in [5, 5.41) is 0.793. The summed E-state index contributed by atoms with van der Waals surface area (Å²) in [7, 11) is 0. The van der Waals surface area contributed by atoms with Crippen LogP contribution in [0.5, 0.6) is 0 Å². The molecule has 0 spiro atoms. The zero-order valence-electron chi connectivity index (χ0n) is 11.5. The van der Waals surface area contributed by atoms with Crippen LogP contribution in [0.2, 0.25) is 5.02 Å². The van der Waals surface area contributed by atoms with E-state index >= 15 is 0 Å². The van der Waals surface area contributed by atoms with Gasteiger partial charge in [0.15, 0.2) is 0 Å². The van der Waals surface area contributed by atoms with E-state index < -0.39 is 0 Å². The molecule has 1 aromatic carbocycles. The molecule has 0 aliphatic rings. The van der Waals surface area contributed by atoms with Crippen molar-refractivity contribution in [3.8, 4) is 0 Å². The normalized spacial score (nSPS) is 14.8. The van der Waals surface area contributed by atoms with Crippen molar-refractivity contribution < 1.29 is 0 Å². The number of hydrogen-bond donors (Lipinski definition) is 1. The van der Waals surface area contributed by atoms with Gasteiger partial charge in [0.25, 0.3) is 0 Å². The van der Waals surface area contributed by atoms with Crippen LogP contribution in [-0.4, -0.2) is 11.8 Å². The van der Waals surface area contributed by atoms with Crippen LogP contribution in [0.3, 0.4) is 0 Å². The monoisotopic (exact) mass is 285 g/mol. The summed E-state index contributed by atoms with van der Waals surface area (Å²) in [6.07, 6.45) is 2.36. The third-order valence-corrected chi connectivity index (χ3v) is 4.26. The standard InChI is InChI=1S/C15H24ClNS/c1-11(2)7-12(3)8-14(17)10-18-15-6-4-5-13(16)9-15/h4-6,9,11-12,14H,7-8,10,17H2,1-3H3. The summed E-state index contributed by atoms with van der Waals surface area (Å²) >= 11 is 7.75. The fourth-order valence-electron chi connectivity index (χ4n) is 2.25. The Hall–Kier alpha value is -0.180. The predicted molar refractivity (Wildman–Crippen MR) is 83.4 cm³/mol. The van der Waals surface area contributed by atoms with Crippen LogP contribution in [0.15, 0.2) is 29.2 Å². The fourth-order valence-corrected chi connectivity index (χ4v) is 3.43. The lowest BCUT2D eigenvalue weighted by Crippen LogP contribution is -2.25. The SMILES string of the molecule is CC(C)CC(C)CC(N)CSc1cccc(Cl)c1. The van der Waals surface area contributed by atoms with Crippen LogP contribution >= 0.6 is 23.4 Å². The highest BCUT2D eigenvalue weighted by Gasteiger charge is 2.11.